The average Bonchev–Trinajstić information content (AvgIpc) is 2.48. The van der Waals surface area contributed by atoms with Gasteiger partial charge in [0.15, 0.2) is 0 Å². The van der Waals surface area contributed by atoms with Gasteiger partial charge in [-0.2, -0.15) is 13.2 Å². The molecule has 1 aliphatic rings. The lowest BCUT2D eigenvalue weighted by Gasteiger charge is -2.28. The van der Waals surface area contributed by atoms with Crippen molar-refractivity contribution in [2.45, 2.75) is 37.9 Å². The maximum absolute atomic E-state index is 12.6. The minimum Gasteiger partial charge on any atom is -0.366 e. The molecule has 122 valence electrons. The van der Waals surface area contributed by atoms with Crippen molar-refractivity contribution in [3.8, 4) is 0 Å². The maximum atomic E-state index is 12.6. The molecular formula is C14H17ClF3N3O. The summed E-state index contributed by atoms with van der Waals surface area (Å²) in [7, 11) is 1.61. The summed E-state index contributed by atoms with van der Waals surface area (Å²) >= 11 is 5.87. The largest absolute Gasteiger partial charge is 0.417 e. The number of nitrogens with zero attached hydrogens (tertiary/aromatic N) is 1. The number of carbonyl (C=O) groups excluding carboxylic acids is 1. The van der Waals surface area contributed by atoms with E-state index in [0.29, 0.717) is 0 Å². The van der Waals surface area contributed by atoms with Gasteiger partial charge >= 0.3 is 6.18 Å². The zero-order valence-corrected chi connectivity index (χ0v) is 12.8. The molecule has 0 unspecified atom stereocenters. The molecule has 0 bridgehead atoms. The Morgan fingerprint density at radius 2 is 1.95 bits per heavy atom. The van der Waals surface area contributed by atoms with Crippen LogP contribution < -0.4 is 10.6 Å². The van der Waals surface area contributed by atoms with E-state index >= 15 is 0 Å². The molecular weight excluding hydrogens is 319 g/mol. The van der Waals surface area contributed by atoms with Gasteiger partial charge in [-0.1, -0.05) is 11.6 Å². The molecule has 4 nitrogen and oxygen atoms in total. The summed E-state index contributed by atoms with van der Waals surface area (Å²) in [6.45, 7) is 0. The summed E-state index contributed by atoms with van der Waals surface area (Å²) in [4.78, 5) is 15.3. The van der Waals surface area contributed by atoms with E-state index in [9.17, 15) is 18.0 Å². The van der Waals surface area contributed by atoms with Crippen LogP contribution in [-0.4, -0.2) is 24.0 Å². The number of rotatable bonds is 3. The van der Waals surface area contributed by atoms with Gasteiger partial charge in [-0.25, -0.2) is 4.98 Å². The number of aromatic nitrogens is 1. The highest BCUT2D eigenvalue weighted by Crippen LogP contribution is 2.33. The van der Waals surface area contributed by atoms with Crippen LogP contribution in [0.5, 0.6) is 0 Å². The highest BCUT2D eigenvalue weighted by molar-refractivity contribution is 6.33. The standard InChI is InChI=1S/C14H17ClF3N3O/c1-19-13(22)8-2-4-10(5-3-8)21-12-11(15)6-9(7-20-12)14(16,17)18/h6-8,10H,2-5H2,1H3,(H,19,22)(H,20,21). The Morgan fingerprint density at radius 3 is 2.45 bits per heavy atom. The van der Waals surface area contributed by atoms with Crippen molar-refractivity contribution in [3.05, 3.63) is 22.8 Å². The lowest BCUT2D eigenvalue weighted by atomic mass is 9.85. The number of amides is 1. The van der Waals surface area contributed by atoms with E-state index in [1.54, 1.807) is 7.05 Å². The van der Waals surface area contributed by atoms with Crippen LogP contribution in [0.3, 0.4) is 0 Å². The zero-order chi connectivity index (χ0) is 16.3. The molecule has 1 amide bonds. The Morgan fingerprint density at radius 1 is 1.32 bits per heavy atom. The summed E-state index contributed by atoms with van der Waals surface area (Å²) in [6.07, 6.45) is -0.732. The molecule has 1 fully saturated rings. The normalized spacial score (nSPS) is 22.2. The van der Waals surface area contributed by atoms with E-state index in [2.05, 4.69) is 15.6 Å². The zero-order valence-electron chi connectivity index (χ0n) is 12.0. The molecule has 1 aromatic heterocycles. The number of hydrogen-bond acceptors (Lipinski definition) is 3. The summed E-state index contributed by atoms with van der Waals surface area (Å²) in [6, 6.07) is 0.926. The second kappa shape index (κ2) is 6.73. The molecule has 2 N–H and O–H groups in total. The van der Waals surface area contributed by atoms with Crippen molar-refractivity contribution >= 4 is 23.3 Å². The Balaban J connectivity index is 1.97. The lowest BCUT2D eigenvalue weighted by Crippen LogP contribution is -2.34. The number of alkyl halides is 3. The van der Waals surface area contributed by atoms with Crippen LogP contribution in [0.4, 0.5) is 19.0 Å². The van der Waals surface area contributed by atoms with Gasteiger partial charge in [0.25, 0.3) is 0 Å². The van der Waals surface area contributed by atoms with Crippen LogP contribution in [0.2, 0.25) is 5.02 Å². The minimum absolute atomic E-state index is 0.000846. The van der Waals surface area contributed by atoms with Gasteiger partial charge < -0.3 is 10.6 Å². The molecule has 1 saturated carbocycles. The quantitative estimate of drug-likeness (QED) is 0.889. The first-order chi connectivity index (χ1) is 10.3. The van der Waals surface area contributed by atoms with E-state index in [-0.39, 0.29) is 28.7 Å². The van der Waals surface area contributed by atoms with E-state index in [4.69, 9.17) is 11.6 Å². The fourth-order valence-corrected chi connectivity index (χ4v) is 2.82. The topological polar surface area (TPSA) is 54.0 Å². The Bertz CT molecular complexity index is 543. The SMILES string of the molecule is CNC(=O)C1CCC(Nc2ncc(C(F)(F)F)cc2Cl)CC1. The van der Waals surface area contributed by atoms with E-state index in [1.807, 2.05) is 0 Å². The molecule has 1 aromatic rings. The number of nitrogens with one attached hydrogen (secondary N) is 2. The van der Waals surface area contributed by atoms with Crippen molar-refractivity contribution in [1.82, 2.24) is 10.3 Å². The van der Waals surface area contributed by atoms with Gasteiger partial charge in [0, 0.05) is 25.2 Å². The van der Waals surface area contributed by atoms with Gasteiger partial charge in [0.05, 0.1) is 10.6 Å². The highest BCUT2D eigenvalue weighted by atomic mass is 35.5. The maximum Gasteiger partial charge on any atom is 0.417 e. The number of halogens is 4. The number of carbonyl (C=O) groups is 1. The molecule has 0 spiro atoms. The van der Waals surface area contributed by atoms with Crippen molar-refractivity contribution in [3.63, 3.8) is 0 Å². The van der Waals surface area contributed by atoms with Crippen molar-refractivity contribution in [2.75, 3.05) is 12.4 Å². The summed E-state index contributed by atoms with van der Waals surface area (Å²) in [5, 5.41) is 5.64. The van der Waals surface area contributed by atoms with E-state index in [1.165, 1.54) is 0 Å². The first-order valence-corrected chi connectivity index (χ1v) is 7.40. The van der Waals surface area contributed by atoms with Crippen LogP contribution >= 0.6 is 11.6 Å². The minimum atomic E-state index is -4.46. The number of pyridine rings is 1. The van der Waals surface area contributed by atoms with Crippen LogP contribution in [0.1, 0.15) is 31.2 Å². The molecule has 0 radical (unpaired) electrons. The Labute approximate surface area is 131 Å². The predicted octanol–water partition coefficient (Wildman–Crippen LogP) is 3.47. The van der Waals surface area contributed by atoms with Gasteiger partial charge in [-0.05, 0) is 31.7 Å². The molecule has 8 heteroatoms. The van der Waals surface area contributed by atoms with Crippen molar-refractivity contribution < 1.29 is 18.0 Å². The average molecular weight is 336 g/mol. The fourth-order valence-electron chi connectivity index (χ4n) is 2.60. The third-order valence-electron chi connectivity index (χ3n) is 3.85. The molecule has 2 rings (SSSR count). The first-order valence-electron chi connectivity index (χ1n) is 7.02. The van der Waals surface area contributed by atoms with Crippen molar-refractivity contribution in [1.29, 1.82) is 0 Å². The highest BCUT2D eigenvalue weighted by Gasteiger charge is 2.32. The Kier molecular flexibility index (Phi) is 5.16. The molecule has 1 aliphatic carbocycles. The summed E-state index contributed by atoms with van der Waals surface area (Å²) in [5.41, 5.74) is -0.869. The first kappa shape index (κ1) is 16.9. The number of hydrogen-bond donors (Lipinski definition) is 2. The summed E-state index contributed by atoms with van der Waals surface area (Å²) < 4.78 is 37.7. The van der Waals surface area contributed by atoms with Gasteiger partial charge in [0.2, 0.25) is 5.91 Å². The van der Waals surface area contributed by atoms with Crippen LogP contribution in [0.25, 0.3) is 0 Å². The number of anilines is 1. The fraction of sp³-hybridized carbons (Fsp3) is 0.571. The van der Waals surface area contributed by atoms with E-state index in [0.717, 1.165) is 37.9 Å². The monoisotopic (exact) mass is 335 g/mol. The smallest absolute Gasteiger partial charge is 0.366 e. The Hall–Kier alpha value is -1.50. The summed E-state index contributed by atoms with van der Waals surface area (Å²) in [5.74, 6) is 0.279. The van der Waals surface area contributed by atoms with Crippen molar-refractivity contribution in [2.24, 2.45) is 5.92 Å². The molecule has 0 saturated heterocycles. The molecule has 0 atom stereocenters. The molecule has 0 aliphatic heterocycles. The van der Waals surface area contributed by atoms with Crippen LogP contribution in [0, 0.1) is 5.92 Å². The lowest BCUT2D eigenvalue weighted by molar-refractivity contribution is -0.137. The predicted molar refractivity (Wildman–Crippen MR) is 77.7 cm³/mol. The third kappa shape index (κ3) is 4.03. The second-order valence-corrected chi connectivity index (χ2v) is 5.77. The van der Waals surface area contributed by atoms with Crippen LogP contribution in [0.15, 0.2) is 12.3 Å². The third-order valence-corrected chi connectivity index (χ3v) is 4.14. The van der Waals surface area contributed by atoms with Crippen LogP contribution in [-0.2, 0) is 11.0 Å². The molecule has 22 heavy (non-hydrogen) atoms. The van der Waals surface area contributed by atoms with Gasteiger partial charge in [0.1, 0.15) is 5.82 Å². The molecule has 1 heterocycles. The van der Waals surface area contributed by atoms with E-state index < -0.39 is 11.7 Å². The second-order valence-electron chi connectivity index (χ2n) is 5.36. The molecule has 0 aromatic carbocycles. The van der Waals surface area contributed by atoms with Gasteiger partial charge in [-0.15, -0.1) is 0 Å². The van der Waals surface area contributed by atoms with Gasteiger partial charge in [-0.3, -0.25) is 4.79 Å².